The Balaban J connectivity index is 2.11. The molecule has 84 valence electrons. The first-order chi connectivity index (χ1) is 6.72. The zero-order valence-electron chi connectivity index (χ0n) is 9.50. The minimum absolute atomic E-state index is 0.256. The van der Waals surface area contributed by atoms with Crippen LogP contribution in [0.15, 0.2) is 0 Å². The number of hydrogen-bond acceptors (Lipinski definition) is 3. The number of rotatable bonds is 5. The van der Waals surface area contributed by atoms with Crippen LogP contribution in [-0.2, 0) is 0 Å². The van der Waals surface area contributed by atoms with Crippen LogP contribution < -0.4 is 5.32 Å². The second-order valence-electron chi connectivity index (χ2n) is 4.65. The second-order valence-corrected chi connectivity index (χ2v) is 4.65. The SMILES string of the molecule is CC(C)CN1CCC(NCCO)CC1. The molecule has 0 aromatic heterocycles. The van der Waals surface area contributed by atoms with E-state index in [-0.39, 0.29) is 6.61 Å². The molecule has 0 spiro atoms. The summed E-state index contributed by atoms with van der Waals surface area (Å²) < 4.78 is 0. The van der Waals surface area contributed by atoms with Gasteiger partial charge in [0, 0.05) is 19.1 Å². The summed E-state index contributed by atoms with van der Waals surface area (Å²) in [4.78, 5) is 2.54. The van der Waals surface area contributed by atoms with Crippen LogP contribution in [0.4, 0.5) is 0 Å². The highest BCUT2D eigenvalue weighted by molar-refractivity contribution is 4.77. The van der Waals surface area contributed by atoms with Gasteiger partial charge in [-0.25, -0.2) is 0 Å². The molecule has 3 nitrogen and oxygen atoms in total. The van der Waals surface area contributed by atoms with Crippen molar-refractivity contribution in [2.24, 2.45) is 5.92 Å². The van der Waals surface area contributed by atoms with Gasteiger partial charge in [0.15, 0.2) is 0 Å². The van der Waals surface area contributed by atoms with Gasteiger partial charge in [-0.05, 0) is 31.8 Å². The quantitative estimate of drug-likeness (QED) is 0.685. The van der Waals surface area contributed by atoms with Crippen LogP contribution in [-0.4, -0.2) is 48.8 Å². The Morgan fingerprint density at radius 3 is 2.50 bits per heavy atom. The molecule has 1 fully saturated rings. The second kappa shape index (κ2) is 6.38. The average molecular weight is 200 g/mol. The van der Waals surface area contributed by atoms with Crippen LogP contribution in [0.25, 0.3) is 0 Å². The van der Waals surface area contributed by atoms with Gasteiger partial charge in [0.2, 0.25) is 0 Å². The summed E-state index contributed by atoms with van der Waals surface area (Å²) in [7, 11) is 0. The predicted molar refractivity (Wildman–Crippen MR) is 59.4 cm³/mol. The lowest BCUT2D eigenvalue weighted by atomic mass is 10.0. The standard InChI is InChI=1S/C11H24N2O/c1-10(2)9-13-6-3-11(4-7-13)12-5-8-14/h10-12,14H,3-9H2,1-2H3. The normalized spacial score (nSPS) is 20.6. The van der Waals surface area contributed by atoms with Crippen LogP contribution in [0.2, 0.25) is 0 Å². The molecule has 0 unspecified atom stereocenters. The summed E-state index contributed by atoms with van der Waals surface area (Å²) in [6.45, 7) is 9.20. The van der Waals surface area contributed by atoms with E-state index in [1.807, 2.05) is 0 Å². The summed E-state index contributed by atoms with van der Waals surface area (Å²) in [6.07, 6.45) is 2.46. The van der Waals surface area contributed by atoms with Gasteiger partial charge in [0.25, 0.3) is 0 Å². The summed E-state index contributed by atoms with van der Waals surface area (Å²) >= 11 is 0. The van der Waals surface area contributed by atoms with Gasteiger partial charge in [0.05, 0.1) is 6.61 Å². The molecule has 0 saturated carbocycles. The Morgan fingerprint density at radius 1 is 1.36 bits per heavy atom. The number of piperidine rings is 1. The molecule has 1 aliphatic heterocycles. The molecule has 0 aromatic rings. The van der Waals surface area contributed by atoms with Crippen molar-refractivity contribution in [3.63, 3.8) is 0 Å². The fraction of sp³-hybridized carbons (Fsp3) is 1.00. The maximum absolute atomic E-state index is 8.69. The Morgan fingerprint density at radius 2 is 2.00 bits per heavy atom. The Kier molecular flexibility index (Phi) is 5.45. The zero-order valence-corrected chi connectivity index (χ0v) is 9.50. The number of nitrogens with one attached hydrogen (secondary N) is 1. The fourth-order valence-electron chi connectivity index (χ4n) is 2.10. The first-order valence-corrected chi connectivity index (χ1v) is 5.79. The molecule has 0 aromatic carbocycles. The molecule has 0 amide bonds. The Hall–Kier alpha value is -0.120. The van der Waals surface area contributed by atoms with E-state index >= 15 is 0 Å². The highest BCUT2D eigenvalue weighted by atomic mass is 16.3. The van der Waals surface area contributed by atoms with Crippen LogP contribution in [0.3, 0.4) is 0 Å². The molecule has 2 N–H and O–H groups in total. The van der Waals surface area contributed by atoms with Gasteiger partial charge >= 0.3 is 0 Å². The lowest BCUT2D eigenvalue weighted by Crippen LogP contribution is -2.44. The summed E-state index contributed by atoms with van der Waals surface area (Å²) in [5.74, 6) is 0.775. The molecule has 1 aliphatic rings. The number of hydrogen-bond donors (Lipinski definition) is 2. The molecule has 1 rings (SSSR count). The van der Waals surface area contributed by atoms with Crippen LogP contribution >= 0.6 is 0 Å². The average Bonchev–Trinajstić information content (AvgIpc) is 2.16. The molecular formula is C11H24N2O. The fourth-order valence-corrected chi connectivity index (χ4v) is 2.10. The van der Waals surface area contributed by atoms with Gasteiger partial charge in [-0.2, -0.15) is 0 Å². The molecule has 0 bridgehead atoms. The molecule has 1 heterocycles. The highest BCUT2D eigenvalue weighted by Gasteiger charge is 2.18. The van der Waals surface area contributed by atoms with E-state index in [4.69, 9.17) is 5.11 Å². The minimum Gasteiger partial charge on any atom is -0.395 e. The maximum Gasteiger partial charge on any atom is 0.0556 e. The molecule has 0 atom stereocenters. The van der Waals surface area contributed by atoms with Crippen LogP contribution in [0.5, 0.6) is 0 Å². The molecule has 0 radical (unpaired) electrons. The van der Waals surface area contributed by atoms with Crippen LogP contribution in [0, 0.1) is 5.92 Å². The van der Waals surface area contributed by atoms with E-state index < -0.39 is 0 Å². The number of aliphatic hydroxyl groups excluding tert-OH is 1. The van der Waals surface area contributed by atoms with Gasteiger partial charge in [-0.3, -0.25) is 0 Å². The Labute approximate surface area is 87.5 Å². The lowest BCUT2D eigenvalue weighted by molar-refractivity contribution is 0.175. The molecule has 3 heteroatoms. The third-order valence-corrected chi connectivity index (χ3v) is 2.76. The van der Waals surface area contributed by atoms with Gasteiger partial charge in [-0.1, -0.05) is 13.8 Å². The van der Waals surface area contributed by atoms with E-state index in [1.165, 1.54) is 32.5 Å². The number of nitrogens with zero attached hydrogens (tertiary/aromatic N) is 1. The maximum atomic E-state index is 8.69. The summed E-state index contributed by atoms with van der Waals surface area (Å²) in [5.41, 5.74) is 0. The zero-order chi connectivity index (χ0) is 10.4. The smallest absolute Gasteiger partial charge is 0.0556 e. The van der Waals surface area contributed by atoms with Gasteiger partial charge in [0.1, 0.15) is 0 Å². The van der Waals surface area contributed by atoms with E-state index in [0.717, 1.165) is 12.5 Å². The van der Waals surface area contributed by atoms with Crippen molar-refractivity contribution < 1.29 is 5.11 Å². The van der Waals surface area contributed by atoms with Crippen molar-refractivity contribution in [3.8, 4) is 0 Å². The van der Waals surface area contributed by atoms with Crippen LogP contribution in [0.1, 0.15) is 26.7 Å². The van der Waals surface area contributed by atoms with E-state index in [2.05, 4.69) is 24.1 Å². The number of likely N-dealkylation sites (tertiary alicyclic amines) is 1. The number of aliphatic hydroxyl groups is 1. The Bertz CT molecular complexity index is 142. The van der Waals surface area contributed by atoms with E-state index in [1.54, 1.807) is 0 Å². The molecule has 14 heavy (non-hydrogen) atoms. The van der Waals surface area contributed by atoms with Crippen molar-refractivity contribution >= 4 is 0 Å². The third kappa shape index (κ3) is 4.40. The first-order valence-electron chi connectivity index (χ1n) is 5.79. The highest BCUT2D eigenvalue weighted by Crippen LogP contribution is 2.11. The predicted octanol–water partition coefficient (Wildman–Crippen LogP) is 0.689. The largest absolute Gasteiger partial charge is 0.395 e. The molecule has 0 aliphatic carbocycles. The summed E-state index contributed by atoms with van der Waals surface area (Å²) in [5, 5.41) is 12.1. The van der Waals surface area contributed by atoms with Gasteiger partial charge < -0.3 is 15.3 Å². The van der Waals surface area contributed by atoms with Crippen molar-refractivity contribution in [3.05, 3.63) is 0 Å². The molecule has 1 saturated heterocycles. The minimum atomic E-state index is 0.256. The summed E-state index contributed by atoms with van der Waals surface area (Å²) in [6, 6.07) is 0.630. The third-order valence-electron chi connectivity index (χ3n) is 2.76. The van der Waals surface area contributed by atoms with Crippen molar-refractivity contribution in [1.29, 1.82) is 0 Å². The topological polar surface area (TPSA) is 35.5 Å². The lowest BCUT2D eigenvalue weighted by Gasteiger charge is -2.33. The monoisotopic (exact) mass is 200 g/mol. The van der Waals surface area contributed by atoms with E-state index in [9.17, 15) is 0 Å². The van der Waals surface area contributed by atoms with Crippen molar-refractivity contribution in [2.75, 3.05) is 32.8 Å². The van der Waals surface area contributed by atoms with Crippen molar-refractivity contribution in [1.82, 2.24) is 10.2 Å². The molecular weight excluding hydrogens is 176 g/mol. The first kappa shape index (κ1) is 12.0. The van der Waals surface area contributed by atoms with Gasteiger partial charge in [-0.15, -0.1) is 0 Å². The van der Waals surface area contributed by atoms with E-state index in [0.29, 0.717) is 6.04 Å². The van der Waals surface area contributed by atoms with Crippen molar-refractivity contribution in [2.45, 2.75) is 32.7 Å².